The van der Waals surface area contributed by atoms with Crippen LogP contribution in [-0.4, -0.2) is 24.9 Å². The number of hydrogen-bond donors (Lipinski definition) is 0. The predicted octanol–water partition coefficient (Wildman–Crippen LogP) is 2.15. The van der Waals surface area contributed by atoms with Gasteiger partial charge in [0.15, 0.2) is 0 Å². The van der Waals surface area contributed by atoms with Gasteiger partial charge in [-0.25, -0.2) is 0 Å². The first-order valence-corrected chi connectivity index (χ1v) is 4.45. The summed E-state index contributed by atoms with van der Waals surface area (Å²) in [4.78, 5) is 13.0. The van der Waals surface area contributed by atoms with Crippen LogP contribution in [0.5, 0.6) is 0 Å². The molecule has 1 unspecified atom stereocenters. The number of amides is 1. The molecule has 2 nitrogen and oxygen atoms in total. The molecule has 1 amide bonds. The molecule has 2 heteroatoms. The van der Waals surface area contributed by atoms with Crippen molar-refractivity contribution >= 4 is 5.91 Å². The number of rotatable bonds is 2. The van der Waals surface area contributed by atoms with Crippen LogP contribution < -0.4 is 0 Å². The van der Waals surface area contributed by atoms with E-state index in [0.717, 1.165) is 0 Å². The molecule has 0 aliphatic carbocycles. The summed E-state index contributed by atoms with van der Waals surface area (Å²) in [6, 6.07) is 0. The third-order valence-electron chi connectivity index (χ3n) is 2.46. The summed E-state index contributed by atoms with van der Waals surface area (Å²) in [7, 11) is 3.61. The summed E-state index contributed by atoms with van der Waals surface area (Å²) in [5, 5.41) is 0. The standard InChI is InChI=1S/C10H21NO/c1-8(10(2,3)4)7-9(12)11(5)6/h8H,7H2,1-6H3. The molecule has 0 fully saturated rings. The van der Waals surface area contributed by atoms with Crippen LogP contribution in [0.25, 0.3) is 0 Å². The van der Waals surface area contributed by atoms with Crippen LogP contribution >= 0.6 is 0 Å². The minimum Gasteiger partial charge on any atom is -0.349 e. The lowest BCUT2D eigenvalue weighted by molar-refractivity contribution is -0.130. The summed E-state index contributed by atoms with van der Waals surface area (Å²) in [5.41, 5.74) is 0.228. The van der Waals surface area contributed by atoms with E-state index < -0.39 is 0 Å². The number of nitrogens with zero attached hydrogens (tertiary/aromatic N) is 1. The summed E-state index contributed by atoms with van der Waals surface area (Å²) in [6.07, 6.45) is 0.649. The first-order chi connectivity index (χ1) is 5.25. The topological polar surface area (TPSA) is 20.3 Å². The van der Waals surface area contributed by atoms with E-state index in [1.54, 1.807) is 19.0 Å². The van der Waals surface area contributed by atoms with Crippen LogP contribution in [0, 0.1) is 11.3 Å². The Balaban J connectivity index is 4.02. The van der Waals surface area contributed by atoms with Gasteiger partial charge in [0.1, 0.15) is 0 Å². The molecular weight excluding hydrogens is 150 g/mol. The lowest BCUT2D eigenvalue weighted by Gasteiger charge is -2.27. The maximum Gasteiger partial charge on any atom is 0.222 e. The van der Waals surface area contributed by atoms with Crippen LogP contribution in [-0.2, 0) is 4.79 Å². The monoisotopic (exact) mass is 171 g/mol. The van der Waals surface area contributed by atoms with Crippen molar-refractivity contribution in [3.8, 4) is 0 Å². The van der Waals surface area contributed by atoms with Crippen molar-refractivity contribution in [2.24, 2.45) is 11.3 Å². The van der Waals surface area contributed by atoms with Gasteiger partial charge in [-0.3, -0.25) is 4.79 Å². The van der Waals surface area contributed by atoms with E-state index >= 15 is 0 Å². The smallest absolute Gasteiger partial charge is 0.222 e. The molecule has 72 valence electrons. The van der Waals surface area contributed by atoms with Crippen LogP contribution in [0.2, 0.25) is 0 Å². The lowest BCUT2D eigenvalue weighted by atomic mass is 9.80. The Bertz CT molecular complexity index is 156. The van der Waals surface area contributed by atoms with E-state index in [1.807, 2.05) is 0 Å². The van der Waals surface area contributed by atoms with Crippen LogP contribution in [0.4, 0.5) is 0 Å². The zero-order valence-electron chi connectivity index (χ0n) is 9.14. The van der Waals surface area contributed by atoms with Crippen molar-refractivity contribution in [3.05, 3.63) is 0 Å². The molecule has 0 heterocycles. The lowest BCUT2D eigenvalue weighted by Crippen LogP contribution is -2.28. The highest BCUT2D eigenvalue weighted by Crippen LogP contribution is 2.28. The van der Waals surface area contributed by atoms with Gasteiger partial charge < -0.3 is 4.90 Å². The highest BCUT2D eigenvalue weighted by atomic mass is 16.2. The summed E-state index contributed by atoms with van der Waals surface area (Å²) in [6.45, 7) is 8.63. The average molecular weight is 171 g/mol. The number of hydrogen-bond acceptors (Lipinski definition) is 1. The van der Waals surface area contributed by atoms with Crippen molar-refractivity contribution in [1.82, 2.24) is 4.90 Å². The second-order valence-corrected chi connectivity index (χ2v) is 4.76. The maximum atomic E-state index is 11.3. The molecule has 0 aromatic rings. The number of carbonyl (C=O) groups is 1. The summed E-state index contributed by atoms with van der Waals surface area (Å²) >= 11 is 0. The third kappa shape index (κ3) is 3.74. The molecule has 0 radical (unpaired) electrons. The fraction of sp³-hybridized carbons (Fsp3) is 0.900. The second-order valence-electron chi connectivity index (χ2n) is 4.76. The Hall–Kier alpha value is -0.530. The average Bonchev–Trinajstić information content (AvgIpc) is 1.85. The molecule has 0 rings (SSSR count). The molecule has 0 N–H and O–H groups in total. The Morgan fingerprint density at radius 2 is 1.75 bits per heavy atom. The fourth-order valence-corrected chi connectivity index (χ4v) is 0.751. The molecule has 1 atom stereocenters. The summed E-state index contributed by atoms with van der Waals surface area (Å²) < 4.78 is 0. The van der Waals surface area contributed by atoms with Crippen molar-refractivity contribution < 1.29 is 4.79 Å². The van der Waals surface area contributed by atoms with Gasteiger partial charge in [0.05, 0.1) is 0 Å². The Morgan fingerprint density at radius 1 is 1.33 bits per heavy atom. The fourth-order valence-electron chi connectivity index (χ4n) is 0.751. The van der Waals surface area contributed by atoms with E-state index in [9.17, 15) is 4.79 Å². The SMILES string of the molecule is CC(CC(=O)N(C)C)C(C)(C)C. The van der Waals surface area contributed by atoms with E-state index in [-0.39, 0.29) is 11.3 Å². The second kappa shape index (κ2) is 3.92. The molecule has 12 heavy (non-hydrogen) atoms. The normalized spacial score (nSPS) is 14.2. The van der Waals surface area contributed by atoms with E-state index in [4.69, 9.17) is 0 Å². The van der Waals surface area contributed by atoms with Gasteiger partial charge in [0.2, 0.25) is 5.91 Å². The molecule has 0 saturated heterocycles. The Morgan fingerprint density at radius 3 is 2.00 bits per heavy atom. The van der Waals surface area contributed by atoms with Gasteiger partial charge in [0, 0.05) is 20.5 Å². The molecule has 0 aliphatic heterocycles. The molecule has 0 saturated carbocycles. The molecular formula is C10H21NO. The minimum atomic E-state index is 0.220. The molecule has 0 aliphatic rings. The van der Waals surface area contributed by atoms with E-state index in [1.165, 1.54) is 0 Å². The largest absolute Gasteiger partial charge is 0.349 e. The minimum absolute atomic E-state index is 0.220. The van der Waals surface area contributed by atoms with Crippen LogP contribution in [0.1, 0.15) is 34.1 Å². The van der Waals surface area contributed by atoms with Gasteiger partial charge in [-0.2, -0.15) is 0 Å². The Labute approximate surface area is 75.9 Å². The maximum absolute atomic E-state index is 11.3. The highest BCUT2D eigenvalue weighted by Gasteiger charge is 2.22. The van der Waals surface area contributed by atoms with E-state index in [2.05, 4.69) is 27.7 Å². The van der Waals surface area contributed by atoms with Crippen LogP contribution in [0.15, 0.2) is 0 Å². The quantitative estimate of drug-likeness (QED) is 0.623. The Kier molecular flexibility index (Phi) is 3.75. The first-order valence-electron chi connectivity index (χ1n) is 4.45. The molecule has 0 bridgehead atoms. The highest BCUT2D eigenvalue weighted by molar-refractivity contribution is 5.75. The van der Waals surface area contributed by atoms with Crippen molar-refractivity contribution in [2.75, 3.05) is 14.1 Å². The van der Waals surface area contributed by atoms with E-state index in [0.29, 0.717) is 12.3 Å². The van der Waals surface area contributed by atoms with Gasteiger partial charge in [-0.1, -0.05) is 27.7 Å². The van der Waals surface area contributed by atoms with Crippen molar-refractivity contribution in [3.63, 3.8) is 0 Å². The van der Waals surface area contributed by atoms with Gasteiger partial charge in [-0.15, -0.1) is 0 Å². The number of carbonyl (C=O) groups excluding carboxylic acids is 1. The zero-order valence-corrected chi connectivity index (χ0v) is 9.14. The zero-order chi connectivity index (χ0) is 9.94. The molecule has 0 aromatic carbocycles. The first kappa shape index (κ1) is 11.5. The molecule has 0 aromatic heterocycles. The van der Waals surface area contributed by atoms with Gasteiger partial charge in [-0.05, 0) is 11.3 Å². The molecule has 0 spiro atoms. The summed E-state index contributed by atoms with van der Waals surface area (Å²) in [5.74, 6) is 0.657. The van der Waals surface area contributed by atoms with Crippen molar-refractivity contribution in [2.45, 2.75) is 34.1 Å². The third-order valence-corrected chi connectivity index (χ3v) is 2.46. The van der Waals surface area contributed by atoms with Crippen LogP contribution in [0.3, 0.4) is 0 Å². The predicted molar refractivity (Wildman–Crippen MR) is 51.9 cm³/mol. The van der Waals surface area contributed by atoms with Crippen molar-refractivity contribution in [1.29, 1.82) is 0 Å². The van der Waals surface area contributed by atoms with Gasteiger partial charge >= 0.3 is 0 Å². The van der Waals surface area contributed by atoms with Gasteiger partial charge in [0.25, 0.3) is 0 Å².